The largest absolute Gasteiger partial charge is 0.382 e. The van der Waals surface area contributed by atoms with Gasteiger partial charge in [-0.2, -0.15) is 0 Å². The summed E-state index contributed by atoms with van der Waals surface area (Å²) in [6, 6.07) is 5.59. The van der Waals surface area contributed by atoms with E-state index in [-0.39, 0.29) is 0 Å². The maximum atomic E-state index is 6.08. The van der Waals surface area contributed by atoms with Crippen LogP contribution in [-0.4, -0.2) is 40.0 Å². The Morgan fingerprint density at radius 3 is 2.67 bits per heavy atom. The lowest BCUT2D eigenvalue weighted by molar-refractivity contribution is 0.0721. The molecule has 1 aromatic carbocycles. The number of halogens is 2. The predicted octanol–water partition coefficient (Wildman–Crippen LogP) is 2.79. The molecule has 1 aromatic rings. The van der Waals surface area contributed by atoms with Gasteiger partial charge in [0.2, 0.25) is 0 Å². The van der Waals surface area contributed by atoms with Crippen molar-refractivity contribution in [2.24, 2.45) is 0 Å². The average Bonchev–Trinajstić information content (AvgIpc) is 2.35. The smallest absolute Gasteiger partial charge is 0.0700 e. The van der Waals surface area contributed by atoms with Crippen LogP contribution in [0.2, 0.25) is 10.0 Å². The minimum atomic E-state index is 0.639. The minimum Gasteiger partial charge on any atom is -0.382 e. The van der Waals surface area contributed by atoms with E-state index in [9.17, 15) is 0 Å². The van der Waals surface area contributed by atoms with E-state index in [1.807, 2.05) is 12.1 Å². The Kier molecular flexibility index (Phi) is 8.38. The Balaban J connectivity index is 2.07. The zero-order valence-corrected chi connectivity index (χ0v) is 12.1. The lowest BCUT2D eigenvalue weighted by atomic mass is 10.1. The molecule has 0 fully saturated rings. The van der Waals surface area contributed by atoms with Crippen molar-refractivity contribution < 1.29 is 9.47 Å². The Hall–Kier alpha value is -0.320. The number of benzene rings is 1. The van der Waals surface area contributed by atoms with Crippen LogP contribution >= 0.6 is 23.2 Å². The molecule has 18 heavy (non-hydrogen) atoms. The van der Waals surface area contributed by atoms with Crippen molar-refractivity contribution in [1.29, 1.82) is 0 Å². The molecule has 0 aliphatic rings. The van der Waals surface area contributed by atoms with Gasteiger partial charge in [0.05, 0.1) is 19.8 Å². The number of hydrogen-bond acceptors (Lipinski definition) is 3. The first-order chi connectivity index (χ1) is 8.74. The van der Waals surface area contributed by atoms with Crippen LogP contribution in [0.5, 0.6) is 0 Å². The topological polar surface area (TPSA) is 30.5 Å². The van der Waals surface area contributed by atoms with Gasteiger partial charge < -0.3 is 14.8 Å². The van der Waals surface area contributed by atoms with Crippen LogP contribution in [0.3, 0.4) is 0 Å². The van der Waals surface area contributed by atoms with E-state index in [1.165, 1.54) is 0 Å². The van der Waals surface area contributed by atoms with Crippen molar-refractivity contribution in [1.82, 2.24) is 5.32 Å². The predicted molar refractivity (Wildman–Crippen MR) is 75.7 cm³/mol. The summed E-state index contributed by atoms with van der Waals surface area (Å²) >= 11 is 11.9. The van der Waals surface area contributed by atoms with Gasteiger partial charge in [-0.3, -0.25) is 0 Å². The highest BCUT2D eigenvalue weighted by Gasteiger charge is 2.00. The molecule has 0 atom stereocenters. The van der Waals surface area contributed by atoms with Crippen molar-refractivity contribution in [3.8, 4) is 0 Å². The van der Waals surface area contributed by atoms with Crippen LogP contribution in [0.4, 0.5) is 0 Å². The van der Waals surface area contributed by atoms with E-state index in [4.69, 9.17) is 32.7 Å². The first kappa shape index (κ1) is 15.7. The lowest BCUT2D eigenvalue weighted by Crippen LogP contribution is -2.23. The van der Waals surface area contributed by atoms with E-state index < -0.39 is 0 Å². The SMILES string of the molecule is COCCOCCNCCc1ccc(Cl)cc1Cl. The van der Waals surface area contributed by atoms with Gasteiger partial charge in [-0.15, -0.1) is 0 Å². The fraction of sp³-hybridized carbons (Fsp3) is 0.538. The van der Waals surface area contributed by atoms with Gasteiger partial charge in [0, 0.05) is 23.7 Å². The van der Waals surface area contributed by atoms with Crippen molar-refractivity contribution >= 4 is 23.2 Å². The Labute approximate surface area is 118 Å². The molecule has 0 saturated carbocycles. The number of hydrogen-bond donors (Lipinski definition) is 1. The summed E-state index contributed by atoms with van der Waals surface area (Å²) in [5.74, 6) is 0. The van der Waals surface area contributed by atoms with Gasteiger partial charge >= 0.3 is 0 Å². The van der Waals surface area contributed by atoms with Gasteiger partial charge in [-0.05, 0) is 30.7 Å². The van der Waals surface area contributed by atoms with E-state index in [2.05, 4.69) is 5.32 Å². The molecular formula is C13H19Cl2NO2. The number of ether oxygens (including phenoxy) is 2. The molecule has 0 unspecified atom stereocenters. The van der Waals surface area contributed by atoms with E-state index in [1.54, 1.807) is 13.2 Å². The van der Waals surface area contributed by atoms with E-state index >= 15 is 0 Å². The Bertz CT molecular complexity index is 348. The normalized spacial score (nSPS) is 10.8. The van der Waals surface area contributed by atoms with Crippen molar-refractivity contribution in [2.75, 3.05) is 40.0 Å². The third-order valence-corrected chi connectivity index (χ3v) is 3.03. The maximum absolute atomic E-state index is 6.08. The van der Waals surface area contributed by atoms with Crippen LogP contribution in [0.15, 0.2) is 18.2 Å². The molecule has 5 heteroatoms. The quantitative estimate of drug-likeness (QED) is 0.710. The molecule has 0 aliphatic carbocycles. The van der Waals surface area contributed by atoms with E-state index in [0.29, 0.717) is 24.8 Å². The molecule has 0 aromatic heterocycles. The number of nitrogens with one attached hydrogen (secondary N) is 1. The summed E-state index contributed by atoms with van der Waals surface area (Å²) in [7, 11) is 1.66. The maximum Gasteiger partial charge on any atom is 0.0700 e. The highest BCUT2D eigenvalue weighted by atomic mass is 35.5. The number of rotatable bonds is 9. The summed E-state index contributed by atoms with van der Waals surface area (Å²) in [6.07, 6.45) is 0.883. The van der Waals surface area contributed by atoms with Gasteiger partial charge in [-0.25, -0.2) is 0 Å². The molecule has 0 saturated heterocycles. The van der Waals surface area contributed by atoms with Gasteiger partial charge in [-0.1, -0.05) is 29.3 Å². The second-order valence-electron chi connectivity index (χ2n) is 3.84. The zero-order valence-electron chi connectivity index (χ0n) is 10.5. The van der Waals surface area contributed by atoms with Crippen molar-refractivity contribution in [3.63, 3.8) is 0 Å². The van der Waals surface area contributed by atoms with Crippen LogP contribution in [0.25, 0.3) is 0 Å². The summed E-state index contributed by atoms with van der Waals surface area (Å²) in [5.41, 5.74) is 1.11. The van der Waals surface area contributed by atoms with Crippen molar-refractivity contribution in [2.45, 2.75) is 6.42 Å². The van der Waals surface area contributed by atoms with Crippen LogP contribution < -0.4 is 5.32 Å². The summed E-state index contributed by atoms with van der Waals surface area (Å²) in [4.78, 5) is 0. The minimum absolute atomic E-state index is 0.639. The van der Waals surface area contributed by atoms with Crippen LogP contribution in [0.1, 0.15) is 5.56 Å². The lowest BCUT2D eigenvalue weighted by Gasteiger charge is -2.07. The Morgan fingerprint density at radius 2 is 1.94 bits per heavy atom. The highest BCUT2D eigenvalue weighted by Crippen LogP contribution is 2.20. The fourth-order valence-electron chi connectivity index (χ4n) is 1.46. The molecule has 3 nitrogen and oxygen atoms in total. The van der Waals surface area contributed by atoms with Gasteiger partial charge in [0.15, 0.2) is 0 Å². The Morgan fingerprint density at radius 1 is 1.11 bits per heavy atom. The van der Waals surface area contributed by atoms with Crippen LogP contribution in [-0.2, 0) is 15.9 Å². The molecule has 0 heterocycles. The first-order valence-corrected chi connectivity index (χ1v) is 6.71. The molecule has 1 rings (SSSR count). The van der Waals surface area contributed by atoms with Crippen molar-refractivity contribution in [3.05, 3.63) is 33.8 Å². The highest BCUT2D eigenvalue weighted by molar-refractivity contribution is 6.35. The molecule has 0 radical (unpaired) electrons. The zero-order chi connectivity index (χ0) is 13.2. The average molecular weight is 292 g/mol. The standard InChI is InChI=1S/C13H19Cl2NO2/c1-17-8-9-18-7-6-16-5-4-11-2-3-12(14)10-13(11)15/h2-3,10,16H,4-9H2,1H3. The molecule has 0 aliphatic heterocycles. The molecule has 1 N–H and O–H groups in total. The molecule has 0 bridgehead atoms. The third kappa shape index (κ3) is 6.57. The molecule has 102 valence electrons. The molecular weight excluding hydrogens is 273 g/mol. The second kappa shape index (κ2) is 9.59. The summed E-state index contributed by atoms with van der Waals surface area (Å²) < 4.78 is 10.2. The molecule has 0 spiro atoms. The summed E-state index contributed by atoms with van der Waals surface area (Å²) in [5, 5.41) is 4.69. The molecule has 0 amide bonds. The monoisotopic (exact) mass is 291 g/mol. The first-order valence-electron chi connectivity index (χ1n) is 5.95. The third-order valence-electron chi connectivity index (χ3n) is 2.44. The fourth-order valence-corrected chi connectivity index (χ4v) is 1.96. The second-order valence-corrected chi connectivity index (χ2v) is 4.68. The van der Waals surface area contributed by atoms with E-state index in [0.717, 1.165) is 30.1 Å². The van der Waals surface area contributed by atoms with Crippen LogP contribution in [0, 0.1) is 0 Å². The van der Waals surface area contributed by atoms with Gasteiger partial charge in [0.25, 0.3) is 0 Å². The number of methoxy groups -OCH3 is 1. The summed E-state index contributed by atoms with van der Waals surface area (Å²) in [6.45, 7) is 3.67. The van der Waals surface area contributed by atoms with Gasteiger partial charge in [0.1, 0.15) is 0 Å².